The van der Waals surface area contributed by atoms with Crippen molar-refractivity contribution in [2.45, 2.75) is 45.6 Å². The lowest BCUT2D eigenvalue weighted by Gasteiger charge is -2.28. The Hall–Kier alpha value is -1.55. The molecule has 0 bridgehead atoms. The van der Waals surface area contributed by atoms with Gasteiger partial charge in [-0.2, -0.15) is 0 Å². The van der Waals surface area contributed by atoms with Gasteiger partial charge in [-0.25, -0.2) is 0 Å². The van der Waals surface area contributed by atoms with Crippen LogP contribution in [0.25, 0.3) is 0 Å². The van der Waals surface area contributed by atoms with Crippen molar-refractivity contribution in [1.29, 1.82) is 0 Å². The number of rotatable bonds is 6. The summed E-state index contributed by atoms with van der Waals surface area (Å²) in [6.45, 7) is 8.30. The first-order chi connectivity index (χ1) is 11.6. The topological polar surface area (TPSA) is 44.4 Å². The van der Waals surface area contributed by atoms with E-state index in [2.05, 4.69) is 53.6 Å². The van der Waals surface area contributed by atoms with Crippen molar-refractivity contribution in [2.75, 3.05) is 31.1 Å². The molecule has 3 rings (SSSR count). The number of amides is 1. The van der Waals surface area contributed by atoms with Crippen LogP contribution in [0, 0.1) is 11.8 Å². The molecule has 0 saturated carbocycles. The van der Waals surface area contributed by atoms with E-state index in [4.69, 9.17) is 0 Å². The first-order valence-electron chi connectivity index (χ1n) is 9.47. The van der Waals surface area contributed by atoms with Gasteiger partial charge in [-0.1, -0.05) is 25.1 Å². The van der Waals surface area contributed by atoms with Gasteiger partial charge in [0.25, 0.3) is 0 Å². The monoisotopic (exact) mass is 329 g/mol. The molecule has 2 N–H and O–H groups in total. The van der Waals surface area contributed by atoms with Crippen molar-refractivity contribution in [3.63, 3.8) is 0 Å². The number of anilines is 1. The normalized spacial score (nSPS) is 24.5. The fourth-order valence-corrected chi connectivity index (χ4v) is 4.18. The molecular formula is C20H31N3O. The van der Waals surface area contributed by atoms with Crippen LogP contribution in [0.2, 0.25) is 0 Å². The molecule has 1 saturated heterocycles. The second kappa shape index (κ2) is 8.02. The Morgan fingerprint density at radius 1 is 1.42 bits per heavy atom. The van der Waals surface area contributed by atoms with E-state index in [9.17, 15) is 4.79 Å². The molecule has 2 aliphatic rings. The largest absolute Gasteiger partial charge is 0.367 e. The summed E-state index contributed by atoms with van der Waals surface area (Å²) in [5, 5.41) is 6.58. The lowest BCUT2D eigenvalue weighted by Crippen LogP contribution is -2.39. The molecule has 4 heteroatoms. The fourth-order valence-electron chi connectivity index (χ4n) is 4.18. The summed E-state index contributed by atoms with van der Waals surface area (Å²) in [5.74, 6) is 1.31. The van der Waals surface area contributed by atoms with Gasteiger partial charge in [0.05, 0.1) is 0 Å². The number of benzene rings is 1. The van der Waals surface area contributed by atoms with Crippen LogP contribution in [0.15, 0.2) is 24.3 Å². The number of carbonyl (C=O) groups excluding carboxylic acids is 1. The molecule has 4 nitrogen and oxygen atoms in total. The minimum atomic E-state index is 0.202. The van der Waals surface area contributed by atoms with Crippen molar-refractivity contribution < 1.29 is 4.79 Å². The maximum absolute atomic E-state index is 12.2. The molecule has 1 aromatic carbocycles. The standard InChI is InChI=1S/C20H31N3O/c1-15(18-7-5-9-21-14-18)12-20(24)22-10-11-23-16(2)13-17-6-3-4-8-19(17)23/h3-4,6,8,15-16,18,21H,5,7,9-14H2,1-2H3,(H,22,24). The molecule has 0 aromatic heterocycles. The quantitative estimate of drug-likeness (QED) is 0.843. The van der Waals surface area contributed by atoms with Crippen molar-refractivity contribution in [1.82, 2.24) is 10.6 Å². The van der Waals surface area contributed by atoms with Crippen LogP contribution >= 0.6 is 0 Å². The van der Waals surface area contributed by atoms with Gasteiger partial charge < -0.3 is 15.5 Å². The van der Waals surface area contributed by atoms with E-state index in [1.165, 1.54) is 24.1 Å². The molecule has 24 heavy (non-hydrogen) atoms. The van der Waals surface area contributed by atoms with Gasteiger partial charge >= 0.3 is 0 Å². The van der Waals surface area contributed by atoms with Gasteiger partial charge in [0.2, 0.25) is 5.91 Å². The van der Waals surface area contributed by atoms with Gasteiger partial charge in [-0.3, -0.25) is 4.79 Å². The van der Waals surface area contributed by atoms with E-state index < -0.39 is 0 Å². The number of fused-ring (bicyclic) bond motifs is 1. The van der Waals surface area contributed by atoms with E-state index in [-0.39, 0.29) is 5.91 Å². The van der Waals surface area contributed by atoms with Crippen LogP contribution in [0.1, 0.15) is 38.7 Å². The highest BCUT2D eigenvalue weighted by atomic mass is 16.1. The molecule has 0 radical (unpaired) electrons. The summed E-state index contributed by atoms with van der Waals surface area (Å²) >= 11 is 0. The predicted molar refractivity (Wildman–Crippen MR) is 99.3 cm³/mol. The van der Waals surface area contributed by atoms with Crippen LogP contribution in [-0.4, -0.2) is 38.1 Å². The van der Waals surface area contributed by atoms with E-state index in [1.807, 2.05) is 0 Å². The molecular weight excluding hydrogens is 298 g/mol. The SMILES string of the molecule is CC(CC(=O)NCCN1c2ccccc2CC1C)C1CCCNC1. The Labute approximate surface area is 146 Å². The van der Waals surface area contributed by atoms with Crippen molar-refractivity contribution in [3.8, 4) is 0 Å². The molecule has 1 amide bonds. The third kappa shape index (κ3) is 4.10. The van der Waals surface area contributed by atoms with Gasteiger partial charge in [-0.15, -0.1) is 0 Å². The molecule has 2 aliphatic heterocycles. The van der Waals surface area contributed by atoms with Gasteiger partial charge in [0.1, 0.15) is 0 Å². The third-order valence-electron chi connectivity index (χ3n) is 5.67. The molecule has 3 unspecified atom stereocenters. The summed E-state index contributed by atoms with van der Waals surface area (Å²) in [5.41, 5.74) is 2.76. The Morgan fingerprint density at radius 2 is 2.25 bits per heavy atom. The third-order valence-corrected chi connectivity index (χ3v) is 5.67. The number of para-hydroxylation sites is 1. The first-order valence-corrected chi connectivity index (χ1v) is 9.47. The Kier molecular flexibility index (Phi) is 5.77. The first kappa shape index (κ1) is 17.3. The van der Waals surface area contributed by atoms with Crippen molar-refractivity contribution >= 4 is 11.6 Å². The van der Waals surface area contributed by atoms with Crippen LogP contribution in [-0.2, 0) is 11.2 Å². The molecule has 2 heterocycles. The molecule has 1 fully saturated rings. The van der Waals surface area contributed by atoms with Gasteiger partial charge in [-0.05, 0) is 62.7 Å². The Morgan fingerprint density at radius 3 is 3.04 bits per heavy atom. The predicted octanol–water partition coefficient (Wildman–Crippen LogP) is 2.58. The number of carbonyl (C=O) groups is 1. The minimum absolute atomic E-state index is 0.202. The summed E-state index contributed by atoms with van der Waals surface area (Å²) in [4.78, 5) is 14.7. The maximum atomic E-state index is 12.2. The zero-order chi connectivity index (χ0) is 16.9. The Balaban J connectivity index is 1.42. The molecule has 1 aromatic rings. The maximum Gasteiger partial charge on any atom is 0.220 e. The highest BCUT2D eigenvalue weighted by molar-refractivity contribution is 5.76. The van der Waals surface area contributed by atoms with Crippen LogP contribution in [0.5, 0.6) is 0 Å². The van der Waals surface area contributed by atoms with Crippen LogP contribution in [0.3, 0.4) is 0 Å². The second-order valence-electron chi connectivity index (χ2n) is 7.51. The summed E-state index contributed by atoms with van der Waals surface area (Å²) in [6, 6.07) is 9.13. The summed E-state index contributed by atoms with van der Waals surface area (Å²) in [6.07, 6.45) is 4.25. The molecule has 132 valence electrons. The zero-order valence-corrected chi connectivity index (χ0v) is 15.1. The smallest absolute Gasteiger partial charge is 0.220 e. The number of hydrogen-bond acceptors (Lipinski definition) is 3. The van der Waals surface area contributed by atoms with Crippen LogP contribution in [0.4, 0.5) is 5.69 Å². The van der Waals surface area contributed by atoms with Crippen molar-refractivity contribution in [3.05, 3.63) is 29.8 Å². The van der Waals surface area contributed by atoms with E-state index in [1.54, 1.807) is 0 Å². The van der Waals surface area contributed by atoms with Gasteiger partial charge in [0.15, 0.2) is 0 Å². The average molecular weight is 329 g/mol. The summed E-state index contributed by atoms with van der Waals surface area (Å²) in [7, 11) is 0. The zero-order valence-electron chi connectivity index (χ0n) is 15.1. The van der Waals surface area contributed by atoms with E-state index >= 15 is 0 Å². The van der Waals surface area contributed by atoms with E-state index in [0.717, 1.165) is 32.6 Å². The van der Waals surface area contributed by atoms with Crippen molar-refractivity contribution in [2.24, 2.45) is 11.8 Å². The highest BCUT2D eigenvalue weighted by Gasteiger charge is 2.25. The second-order valence-corrected chi connectivity index (χ2v) is 7.51. The number of piperidine rings is 1. The van der Waals surface area contributed by atoms with E-state index in [0.29, 0.717) is 24.3 Å². The van der Waals surface area contributed by atoms with Crippen LogP contribution < -0.4 is 15.5 Å². The fraction of sp³-hybridized carbons (Fsp3) is 0.650. The lowest BCUT2D eigenvalue weighted by molar-refractivity contribution is -0.122. The molecule has 0 spiro atoms. The average Bonchev–Trinajstić information content (AvgIpc) is 2.91. The number of nitrogens with zero attached hydrogens (tertiary/aromatic N) is 1. The van der Waals surface area contributed by atoms with Gasteiger partial charge in [0, 0.05) is 31.2 Å². The number of hydrogen-bond donors (Lipinski definition) is 2. The summed E-state index contributed by atoms with van der Waals surface area (Å²) < 4.78 is 0. The molecule has 0 aliphatic carbocycles. The molecule has 3 atom stereocenters. The number of nitrogens with one attached hydrogen (secondary N) is 2. The Bertz CT molecular complexity index is 554. The lowest BCUT2D eigenvalue weighted by atomic mass is 9.85. The highest BCUT2D eigenvalue weighted by Crippen LogP contribution is 2.31. The minimum Gasteiger partial charge on any atom is -0.367 e.